The van der Waals surface area contributed by atoms with E-state index in [1.54, 1.807) is 17.5 Å². The second-order valence-electron chi connectivity index (χ2n) is 3.84. The summed E-state index contributed by atoms with van der Waals surface area (Å²) in [6, 6.07) is 0. The van der Waals surface area contributed by atoms with Gasteiger partial charge in [-0.25, -0.2) is 4.98 Å². The predicted octanol–water partition coefficient (Wildman–Crippen LogP) is 3.04. The molecule has 0 unspecified atom stereocenters. The summed E-state index contributed by atoms with van der Waals surface area (Å²) in [6.45, 7) is 5.98. The first-order valence-corrected chi connectivity index (χ1v) is 6.34. The van der Waals surface area contributed by atoms with Gasteiger partial charge in [-0.1, -0.05) is 0 Å². The number of halogens is 1. The summed E-state index contributed by atoms with van der Waals surface area (Å²) < 4.78 is 6.00. The lowest BCUT2D eigenvalue weighted by atomic mass is 9.90. The summed E-state index contributed by atoms with van der Waals surface area (Å²) >= 11 is 4.90. The highest BCUT2D eigenvalue weighted by molar-refractivity contribution is 9.11. The molecule has 0 aliphatic heterocycles. The first-order chi connectivity index (χ1) is 6.95. The van der Waals surface area contributed by atoms with Crippen LogP contribution in [0.15, 0.2) is 9.98 Å². The number of aromatic nitrogens is 1. The summed E-state index contributed by atoms with van der Waals surface area (Å²) in [5.74, 6) is -0.170. The van der Waals surface area contributed by atoms with E-state index < -0.39 is 5.41 Å². The van der Waals surface area contributed by atoms with Gasteiger partial charge in [0, 0.05) is 6.42 Å². The average Bonchev–Trinajstić information content (AvgIpc) is 2.50. The maximum absolute atomic E-state index is 11.6. The molecule has 84 valence electrons. The number of rotatable bonds is 4. The lowest BCUT2D eigenvalue weighted by Crippen LogP contribution is -2.28. The third kappa shape index (κ3) is 3.57. The van der Waals surface area contributed by atoms with Crippen molar-refractivity contribution in [3.05, 3.63) is 15.0 Å². The van der Waals surface area contributed by atoms with Crippen molar-refractivity contribution in [1.82, 2.24) is 4.98 Å². The van der Waals surface area contributed by atoms with Gasteiger partial charge in [-0.15, -0.1) is 11.3 Å². The van der Waals surface area contributed by atoms with Crippen LogP contribution in [0.5, 0.6) is 0 Å². The number of thiazole rings is 1. The molecular formula is C10H14BrNO2S. The molecule has 0 aliphatic rings. The number of hydrogen-bond donors (Lipinski definition) is 0. The maximum atomic E-state index is 11.6. The number of ether oxygens (including phenoxy) is 1. The van der Waals surface area contributed by atoms with Gasteiger partial charge in [-0.2, -0.15) is 0 Å². The van der Waals surface area contributed by atoms with Gasteiger partial charge < -0.3 is 4.74 Å². The van der Waals surface area contributed by atoms with Crippen LogP contribution in [0.2, 0.25) is 0 Å². The molecule has 0 atom stereocenters. The topological polar surface area (TPSA) is 39.2 Å². The van der Waals surface area contributed by atoms with Crippen molar-refractivity contribution in [2.75, 3.05) is 6.61 Å². The molecule has 0 bridgehead atoms. The highest BCUT2D eigenvalue weighted by Crippen LogP contribution is 2.28. The summed E-state index contributed by atoms with van der Waals surface area (Å²) in [6.07, 6.45) is 2.36. The number of carbonyl (C=O) groups is 1. The van der Waals surface area contributed by atoms with Gasteiger partial charge >= 0.3 is 5.97 Å². The van der Waals surface area contributed by atoms with E-state index in [-0.39, 0.29) is 5.97 Å². The number of carbonyl (C=O) groups excluding carboxylic acids is 1. The third-order valence-corrected chi connectivity index (χ3v) is 3.42. The Morgan fingerprint density at radius 1 is 1.67 bits per heavy atom. The highest BCUT2D eigenvalue weighted by atomic mass is 79.9. The standard InChI is InChI=1S/C10H14BrNO2S/c1-4-14-9(13)10(2,3)5-8-12-6-7(11)15-8/h6H,4-5H2,1-3H3. The Balaban J connectivity index is 2.67. The van der Waals surface area contributed by atoms with Crippen LogP contribution in [0.25, 0.3) is 0 Å². The largest absolute Gasteiger partial charge is 0.466 e. The quantitative estimate of drug-likeness (QED) is 0.801. The number of esters is 1. The summed E-state index contributed by atoms with van der Waals surface area (Å²) in [7, 11) is 0. The van der Waals surface area contributed by atoms with Gasteiger partial charge in [0.05, 0.1) is 27.0 Å². The molecule has 0 saturated heterocycles. The zero-order chi connectivity index (χ0) is 11.5. The minimum absolute atomic E-state index is 0.170. The molecular weight excluding hydrogens is 278 g/mol. The zero-order valence-corrected chi connectivity index (χ0v) is 11.4. The molecule has 1 aromatic rings. The molecule has 0 fully saturated rings. The maximum Gasteiger partial charge on any atom is 0.311 e. The van der Waals surface area contributed by atoms with Crippen molar-refractivity contribution in [2.24, 2.45) is 5.41 Å². The van der Waals surface area contributed by atoms with Crippen LogP contribution in [0.3, 0.4) is 0 Å². The lowest BCUT2D eigenvalue weighted by Gasteiger charge is -2.20. The Bertz CT molecular complexity index is 349. The van der Waals surface area contributed by atoms with Crippen molar-refractivity contribution < 1.29 is 9.53 Å². The highest BCUT2D eigenvalue weighted by Gasteiger charge is 2.30. The van der Waals surface area contributed by atoms with Crippen LogP contribution >= 0.6 is 27.3 Å². The Kier molecular flexibility index (Phi) is 4.28. The Morgan fingerprint density at radius 2 is 2.33 bits per heavy atom. The van der Waals surface area contributed by atoms with Gasteiger partial charge in [-0.05, 0) is 36.7 Å². The first-order valence-electron chi connectivity index (χ1n) is 4.73. The second kappa shape index (κ2) is 5.07. The second-order valence-corrected chi connectivity index (χ2v) is 6.33. The van der Waals surface area contributed by atoms with Crippen LogP contribution in [0, 0.1) is 5.41 Å². The van der Waals surface area contributed by atoms with Gasteiger partial charge in [0.25, 0.3) is 0 Å². The van der Waals surface area contributed by atoms with Crippen LogP contribution in [0.1, 0.15) is 25.8 Å². The fraction of sp³-hybridized carbons (Fsp3) is 0.600. The van der Waals surface area contributed by atoms with E-state index in [4.69, 9.17) is 4.74 Å². The smallest absolute Gasteiger partial charge is 0.311 e. The number of nitrogens with zero attached hydrogens (tertiary/aromatic N) is 1. The molecule has 1 rings (SSSR count). The van der Waals surface area contributed by atoms with E-state index in [9.17, 15) is 4.79 Å². The van der Waals surface area contributed by atoms with Crippen molar-refractivity contribution in [2.45, 2.75) is 27.2 Å². The Hall–Kier alpha value is -0.420. The van der Waals surface area contributed by atoms with E-state index in [0.717, 1.165) is 8.79 Å². The average molecular weight is 292 g/mol. The molecule has 0 amide bonds. The van der Waals surface area contributed by atoms with Crippen molar-refractivity contribution in [3.63, 3.8) is 0 Å². The normalized spacial score (nSPS) is 11.5. The van der Waals surface area contributed by atoms with Crippen LogP contribution < -0.4 is 0 Å². The van der Waals surface area contributed by atoms with Crippen LogP contribution in [-0.2, 0) is 16.0 Å². The summed E-state index contributed by atoms with van der Waals surface area (Å²) in [4.78, 5) is 15.8. The molecule has 0 aliphatic carbocycles. The molecule has 0 radical (unpaired) electrons. The monoisotopic (exact) mass is 291 g/mol. The molecule has 1 heterocycles. The minimum Gasteiger partial charge on any atom is -0.466 e. The summed E-state index contributed by atoms with van der Waals surface area (Å²) in [5.41, 5.74) is -0.507. The van der Waals surface area contributed by atoms with E-state index in [1.807, 2.05) is 20.8 Å². The SMILES string of the molecule is CCOC(=O)C(C)(C)Cc1ncc(Br)s1. The van der Waals surface area contributed by atoms with E-state index >= 15 is 0 Å². The van der Waals surface area contributed by atoms with Crippen molar-refractivity contribution >= 4 is 33.2 Å². The van der Waals surface area contributed by atoms with Gasteiger partial charge in [0.15, 0.2) is 0 Å². The molecule has 15 heavy (non-hydrogen) atoms. The van der Waals surface area contributed by atoms with Crippen molar-refractivity contribution in [1.29, 1.82) is 0 Å². The Morgan fingerprint density at radius 3 is 2.80 bits per heavy atom. The molecule has 0 spiro atoms. The lowest BCUT2D eigenvalue weighted by molar-refractivity contribution is -0.153. The van der Waals surface area contributed by atoms with Crippen LogP contribution in [0.4, 0.5) is 0 Å². The first kappa shape index (κ1) is 12.6. The van der Waals surface area contributed by atoms with E-state index in [2.05, 4.69) is 20.9 Å². The van der Waals surface area contributed by atoms with Crippen LogP contribution in [-0.4, -0.2) is 17.6 Å². The summed E-state index contributed by atoms with van der Waals surface area (Å²) in [5, 5.41) is 0.944. The predicted molar refractivity (Wildman–Crippen MR) is 63.9 cm³/mol. The van der Waals surface area contributed by atoms with E-state index in [1.165, 1.54) is 0 Å². The Labute approximate surface area is 102 Å². The minimum atomic E-state index is -0.507. The van der Waals surface area contributed by atoms with Crippen molar-refractivity contribution in [3.8, 4) is 0 Å². The van der Waals surface area contributed by atoms with Gasteiger partial charge in [0.1, 0.15) is 0 Å². The molecule has 0 aromatic carbocycles. The molecule has 1 aromatic heterocycles. The van der Waals surface area contributed by atoms with Gasteiger partial charge in [-0.3, -0.25) is 4.79 Å². The molecule has 5 heteroatoms. The fourth-order valence-electron chi connectivity index (χ4n) is 1.15. The third-order valence-electron chi connectivity index (χ3n) is 1.95. The molecule has 0 N–H and O–H groups in total. The molecule has 0 saturated carbocycles. The zero-order valence-electron chi connectivity index (χ0n) is 9.04. The van der Waals surface area contributed by atoms with Gasteiger partial charge in [0.2, 0.25) is 0 Å². The molecule has 3 nitrogen and oxygen atoms in total. The van der Waals surface area contributed by atoms with E-state index in [0.29, 0.717) is 13.0 Å². The number of hydrogen-bond acceptors (Lipinski definition) is 4. The fourth-order valence-corrected chi connectivity index (χ4v) is 2.68.